The number of ether oxygens (including phenoxy) is 4. The van der Waals surface area contributed by atoms with E-state index in [0.717, 1.165) is 0 Å². The average molecular weight is 302 g/mol. The SMILES string of the molecule is COCCOCCOCCOc1ccc(C(C)O)c(F)c1. The molecule has 0 spiro atoms. The summed E-state index contributed by atoms with van der Waals surface area (Å²) >= 11 is 0. The van der Waals surface area contributed by atoms with Crippen molar-refractivity contribution in [2.75, 3.05) is 46.8 Å². The van der Waals surface area contributed by atoms with Gasteiger partial charge in [-0.25, -0.2) is 4.39 Å². The maximum Gasteiger partial charge on any atom is 0.132 e. The lowest BCUT2D eigenvalue weighted by Gasteiger charge is -2.10. The van der Waals surface area contributed by atoms with Gasteiger partial charge in [0.15, 0.2) is 0 Å². The first kappa shape index (κ1) is 17.8. The third-order valence-electron chi connectivity index (χ3n) is 2.72. The Hall–Kier alpha value is -1.21. The quantitative estimate of drug-likeness (QED) is 0.633. The Labute approximate surface area is 124 Å². The zero-order chi connectivity index (χ0) is 15.5. The number of hydrogen-bond donors (Lipinski definition) is 1. The molecule has 0 aliphatic heterocycles. The highest BCUT2D eigenvalue weighted by atomic mass is 19.1. The lowest BCUT2D eigenvalue weighted by Crippen LogP contribution is -2.12. The third kappa shape index (κ3) is 7.38. The minimum absolute atomic E-state index is 0.256. The fraction of sp³-hybridized carbons (Fsp3) is 0.600. The number of aliphatic hydroxyl groups excluding tert-OH is 1. The van der Waals surface area contributed by atoms with E-state index in [9.17, 15) is 9.50 Å². The highest BCUT2D eigenvalue weighted by Gasteiger charge is 2.08. The predicted molar refractivity (Wildman–Crippen MR) is 76.0 cm³/mol. The van der Waals surface area contributed by atoms with Gasteiger partial charge in [-0.15, -0.1) is 0 Å². The first-order valence-corrected chi connectivity index (χ1v) is 6.90. The van der Waals surface area contributed by atoms with Crippen LogP contribution in [0.2, 0.25) is 0 Å². The Morgan fingerprint density at radius 2 is 1.67 bits per heavy atom. The molecule has 0 fully saturated rings. The first-order chi connectivity index (χ1) is 10.1. The van der Waals surface area contributed by atoms with Crippen molar-refractivity contribution >= 4 is 0 Å². The molecule has 0 saturated carbocycles. The molecule has 1 N–H and O–H groups in total. The highest BCUT2D eigenvalue weighted by Crippen LogP contribution is 2.21. The van der Waals surface area contributed by atoms with Crippen LogP contribution in [-0.2, 0) is 14.2 Å². The van der Waals surface area contributed by atoms with Gasteiger partial charge in [-0.3, -0.25) is 0 Å². The van der Waals surface area contributed by atoms with E-state index in [0.29, 0.717) is 45.4 Å². The van der Waals surface area contributed by atoms with Crippen LogP contribution in [0.15, 0.2) is 18.2 Å². The Morgan fingerprint density at radius 1 is 1.05 bits per heavy atom. The van der Waals surface area contributed by atoms with Gasteiger partial charge < -0.3 is 24.1 Å². The van der Waals surface area contributed by atoms with E-state index in [1.165, 1.54) is 19.1 Å². The number of aliphatic hydroxyl groups is 1. The van der Waals surface area contributed by atoms with E-state index in [2.05, 4.69) is 0 Å². The summed E-state index contributed by atoms with van der Waals surface area (Å²) in [5, 5.41) is 9.33. The minimum atomic E-state index is -0.833. The predicted octanol–water partition coefficient (Wildman–Crippen LogP) is 1.94. The molecule has 6 heteroatoms. The van der Waals surface area contributed by atoms with Crippen LogP contribution in [0.25, 0.3) is 0 Å². The Bertz CT molecular complexity index is 398. The largest absolute Gasteiger partial charge is 0.491 e. The molecule has 5 nitrogen and oxygen atoms in total. The van der Waals surface area contributed by atoms with Crippen LogP contribution in [-0.4, -0.2) is 51.9 Å². The summed E-state index contributed by atoms with van der Waals surface area (Å²) in [5.41, 5.74) is 0.256. The average Bonchev–Trinajstić information content (AvgIpc) is 2.45. The molecular formula is C15H23FO5. The summed E-state index contributed by atoms with van der Waals surface area (Å²) in [6.07, 6.45) is -0.833. The zero-order valence-corrected chi connectivity index (χ0v) is 12.5. The van der Waals surface area contributed by atoms with Crippen LogP contribution >= 0.6 is 0 Å². The number of methoxy groups -OCH3 is 1. The van der Waals surface area contributed by atoms with Crippen molar-refractivity contribution in [2.45, 2.75) is 13.0 Å². The lowest BCUT2D eigenvalue weighted by molar-refractivity contribution is 0.0179. The molecule has 0 aliphatic rings. The van der Waals surface area contributed by atoms with Gasteiger partial charge in [-0.05, 0) is 19.1 Å². The summed E-state index contributed by atoms with van der Waals surface area (Å²) in [4.78, 5) is 0. The van der Waals surface area contributed by atoms with Crippen molar-refractivity contribution in [3.8, 4) is 5.75 Å². The van der Waals surface area contributed by atoms with Gasteiger partial charge >= 0.3 is 0 Å². The van der Waals surface area contributed by atoms with Crippen molar-refractivity contribution in [1.82, 2.24) is 0 Å². The monoisotopic (exact) mass is 302 g/mol. The van der Waals surface area contributed by atoms with Crippen molar-refractivity contribution in [2.24, 2.45) is 0 Å². The van der Waals surface area contributed by atoms with Gasteiger partial charge in [0.1, 0.15) is 18.2 Å². The van der Waals surface area contributed by atoms with Gasteiger partial charge in [0.2, 0.25) is 0 Å². The van der Waals surface area contributed by atoms with E-state index >= 15 is 0 Å². The van der Waals surface area contributed by atoms with E-state index in [-0.39, 0.29) is 5.56 Å². The fourth-order valence-corrected chi connectivity index (χ4v) is 1.62. The van der Waals surface area contributed by atoms with Crippen LogP contribution in [0.3, 0.4) is 0 Å². The maximum absolute atomic E-state index is 13.6. The first-order valence-electron chi connectivity index (χ1n) is 6.90. The molecule has 0 radical (unpaired) electrons. The van der Waals surface area contributed by atoms with Gasteiger partial charge in [0, 0.05) is 18.7 Å². The molecule has 0 amide bonds. The van der Waals surface area contributed by atoms with E-state index in [4.69, 9.17) is 18.9 Å². The molecule has 120 valence electrons. The van der Waals surface area contributed by atoms with Gasteiger partial charge in [0.25, 0.3) is 0 Å². The van der Waals surface area contributed by atoms with Crippen molar-refractivity contribution in [1.29, 1.82) is 0 Å². The normalized spacial score (nSPS) is 12.4. The highest BCUT2D eigenvalue weighted by molar-refractivity contribution is 5.29. The smallest absolute Gasteiger partial charge is 0.132 e. The van der Waals surface area contributed by atoms with Crippen molar-refractivity contribution < 1.29 is 28.4 Å². The summed E-state index contributed by atoms with van der Waals surface area (Å²) in [6, 6.07) is 4.40. The number of halogens is 1. The summed E-state index contributed by atoms with van der Waals surface area (Å²) in [6.45, 7) is 4.33. The van der Waals surface area contributed by atoms with Crippen molar-refractivity contribution in [3.63, 3.8) is 0 Å². The van der Waals surface area contributed by atoms with E-state index in [1.807, 2.05) is 0 Å². The van der Waals surface area contributed by atoms with Crippen molar-refractivity contribution in [3.05, 3.63) is 29.6 Å². The third-order valence-corrected chi connectivity index (χ3v) is 2.72. The Balaban J connectivity index is 2.11. The van der Waals surface area contributed by atoms with Crippen LogP contribution in [0.1, 0.15) is 18.6 Å². The Kier molecular flexibility index (Phi) is 8.93. The Morgan fingerprint density at radius 3 is 2.24 bits per heavy atom. The standard InChI is InChI=1S/C15H23FO5/c1-12(17)14-4-3-13(11-15(14)16)21-10-9-20-8-7-19-6-5-18-2/h3-4,11-12,17H,5-10H2,1-2H3. The second-order valence-electron chi connectivity index (χ2n) is 4.43. The minimum Gasteiger partial charge on any atom is -0.491 e. The van der Waals surface area contributed by atoms with E-state index < -0.39 is 11.9 Å². The fourth-order valence-electron chi connectivity index (χ4n) is 1.62. The number of benzene rings is 1. The molecule has 0 heterocycles. The summed E-state index contributed by atoms with van der Waals surface area (Å²) in [5.74, 6) is -0.0631. The van der Waals surface area contributed by atoms with Crippen LogP contribution in [0.4, 0.5) is 4.39 Å². The maximum atomic E-state index is 13.6. The lowest BCUT2D eigenvalue weighted by atomic mass is 10.1. The number of hydrogen-bond acceptors (Lipinski definition) is 5. The molecule has 0 saturated heterocycles. The molecule has 1 aromatic carbocycles. The van der Waals surface area contributed by atoms with E-state index in [1.54, 1.807) is 13.2 Å². The van der Waals surface area contributed by atoms with Crippen LogP contribution < -0.4 is 4.74 Å². The number of rotatable bonds is 11. The van der Waals surface area contributed by atoms with Crippen LogP contribution in [0.5, 0.6) is 5.75 Å². The molecule has 1 atom stereocenters. The molecule has 0 bridgehead atoms. The second-order valence-corrected chi connectivity index (χ2v) is 4.43. The topological polar surface area (TPSA) is 57.2 Å². The molecule has 0 aliphatic carbocycles. The van der Waals surface area contributed by atoms with Gasteiger partial charge in [0.05, 0.1) is 39.1 Å². The molecule has 1 aromatic rings. The molecule has 0 aromatic heterocycles. The van der Waals surface area contributed by atoms with Gasteiger partial charge in [-0.2, -0.15) is 0 Å². The summed E-state index contributed by atoms with van der Waals surface area (Å²) in [7, 11) is 1.62. The zero-order valence-electron chi connectivity index (χ0n) is 12.5. The molecule has 1 unspecified atom stereocenters. The van der Waals surface area contributed by atoms with Gasteiger partial charge in [-0.1, -0.05) is 0 Å². The molecular weight excluding hydrogens is 279 g/mol. The molecule has 21 heavy (non-hydrogen) atoms. The summed E-state index contributed by atoms with van der Waals surface area (Å²) < 4.78 is 34.3. The molecule has 1 rings (SSSR count). The van der Waals surface area contributed by atoms with Crippen LogP contribution in [0, 0.1) is 5.82 Å². The second kappa shape index (κ2) is 10.5.